The molecular formula is C15H22N2O3. The molecule has 3 saturated heterocycles. The smallest absolute Gasteiger partial charge is 0.249 e. The van der Waals surface area contributed by atoms with E-state index in [1.54, 1.807) is 0 Å². The van der Waals surface area contributed by atoms with E-state index in [1.165, 1.54) is 6.42 Å². The van der Waals surface area contributed by atoms with Crippen LogP contribution in [0.3, 0.4) is 0 Å². The van der Waals surface area contributed by atoms with Gasteiger partial charge in [0.05, 0.1) is 18.2 Å². The number of piperazine rings is 1. The lowest BCUT2D eigenvalue weighted by molar-refractivity contribution is -0.155. The molecule has 1 saturated carbocycles. The van der Waals surface area contributed by atoms with Crippen LogP contribution in [0.5, 0.6) is 0 Å². The molecule has 0 radical (unpaired) electrons. The van der Waals surface area contributed by atoms with E-state index >= 15 is 0 Å². The molecule has 3 heterocycles. The maximum Gasteiger partial charge on any atom is 0.249 e. The van der Waals surface area contributed by atoms with Crippen molar-refractivity contribution in [2.24, 2.45) is 0 Å². The minimum absolute atomic E-state index is 0.00859. The minimum Gasteiger partial charge on any atom is -0.373 e. The summed E-state index contributed by atoms with van der Waals surface area (Å²) in [6, 6.07) is 0.131. The van der Waals surface area contributed by atoms with Gasteiger partial charge in [0.2, 0.25) is 11.8 Å². The van der Waals surface area contributed by atoms with Gasteiger partial charge < -0.3 is 15.0 Å². The lowest BCUT2D eigenvalue weighted by atomic mass is 9.78. The van der Waals surface area contributed by atoms with E-state index in [4.69, 9.17) is 4.74 Å². The van der Waals surface area contributed by atoms with Gasteiger partial charge in [-0.05, 0) is 32.1 Å². The molecule has 2 amide bonds. The molecule has 4 fully saturated rings. The molecule has 20 heavy (non-hydrogen) atoms. The summed E-state index contributed by atoms with van der Waals surface area (Å²) in [6.45, 7) is 0.220. The Morgan fingerprint density at radius 2 is 1.95 bits per heavy atom. The lowest BCUT2D eigenvalue weighted by Gasteiger charge is -2.46. The summed E-state index contributed by atoms with van der Waals surface area (Å²) in [5, 5.41) is 3.01. The van der Waals surface area contributed by atoms with Crippen molar-refractivity contribution in [2.75, 3.05) is 6.54 Å². The summed E-state index contributed by atoms with van der Waals surface area (Å²) in [7, 11) is 0. The van der Waals surface area contributed by atoms with E-state index in [0.29, 0.717) is 6.10 Å². The minimum atomic E-state index is -0.602. The number of nitrogens with zero attached hydrogens (tertiary/aromatic N) is 1. The molecule has 4 rings (SSSR count). The van der Waals surface area contributed by atoms with Crippen LogP contribution in [0.2, 0.25) is 0 Å². The molecule has 5 heteroatoms. The number of rotatable bonds is 1. The Morgan fingerprint density at radius 3 is 2.60 bits per heavy atom. The molecule has 3 atom stereocenters. The largest absolute Gasteiger partial charge is 0.373 e. The van der Waals surface area contributed by atoms with Crippen molar-refractivity contribution in [3.05, 3.63) is 0 Å². The van der Waals surface area contributed by atoms with Gasteiger partial charge in [0.15, 0.2) is 0 Å². The first-order chi connectivity index (χ1) is 9.68. The van der Waals surface area contributed by atoms with Gasteiger partial charge in [0.25, 0.3) is 0 Å². The number of fused-ring (bicyclic) bond motifs is 2. The fourth-order valence-electron chi connectivity index (χ4n) is 4.56. The standard InChI is InChI=1S/C15H22N2O3/c18-13-9-17(11-8-10-4-5-12(11)20-10)14(19)15(16-13)6-2-1-3-7-15/h10-12H,1-9H2,(H,16,18). The van der Waals surface area contributed by atoms with Crippen LogP contribution in [0.1, 0.15) is 51.4 Å². The number of carbonyl (C=O) groups is 2. The van der Waals surface area contributed by atoms with Crippen LogP contribution in [0, 0.1) is 0 Å². The van der Waals surface area contributed by atoms with Gasteiger partial charge in [-0.3, -0.25) is 9.59 Å². The molecule has 0 aromatic rings. The van der Waals surface area contributed by atoms with E-state index in [9.17, 15) is 9.59 Å². The number of carbonyl (C=O) groups excluding carboxylic acids is 2. The van der Waals surface area contributed by atoms with Crippen molar-refractivity contribution in [3.63, 3.8) is 0 Å². The summed E-state index contributed by atoms with van der Waals surface area (Å²) < 4.78 is 5.87. The topological polar surface area (TPSA) is 58.6 Å². The quantitative estimate of drug-likeness (QED) is 0.777. The predicted octanol–water partition coefficient (Wildman–Crippen LogP) is 0.968. The van der Waals surface area contributed by atoms with Gasteiger partial charge in [-0.2, -0.15) is 0 Å². The Labute approximate surface area is 119 Å². The number of hydrogen-bond acceptors (Lipinski definition) is 3. The molecule has 1 spiro atoms. The first kappa shape index (κ1) is 12.6. The summed E-state index contributed by atoms with van der Waals surface area (Å²) in [5.74, 6) is 0.159. The SMILES string of the molecule is O=C1CN(C2CC3CCC2O3)C(=O)C2(CCCCC2)N1. The molecule has 2 bridgehead atoms. The zero-order valence-corrected chi connectivity index (χ0v) is 11.8. The monoisotopic (exact) mass is 278 g/mol. The molecule has 1 N–H and O–H groups in total. The van der Waals surface area contributed by atoms with Crippen LogP contribution in [0.4, 0.5) is 0 Å². The Hall–Kier alpha value is -1.10. The van der Waals surface area contributed by atoms with E-state index in [2.05, 4.69) is 5.32 Å². The average molecular weight is 278 g/mol. The highest BCUT2D eigenvalue weighted by Gasteiger charge is 2.53. The normalized spacial score (nSPS) is 39.4. The third-order valence-electron chi connectivity index (χ3n) is 5.54. The predicted molar refractivity (Wildman–Crippen MR) is 72.0 cm³/mol. The Bertz CT molecular complexity index is 444. The van der Waals surface area contributed by atoms with Crippen molar-refractivity contribution >= 4 is 11.8 Å². The maximum atomic E-state index is 13.0. The third-order valence-corrected chi connectivity index (χ3v) is 5.54. The fraction of sp³-hybridized carbons (Fsp3) is 0.867. The molecule has 3 aliphatic heterocycles. The van der Waals surface area contributed by atoms with Crippen molar-refractivity contribution in [3.8, 4) is 0 Å². The summed E-state index contributed by atoms with van der Waals surface area (Å²) in [4.78, 5) is 26.9. The maximum absolute atomic E-state index is 13.0. The lowest BCUT2D eigenvalue weighted by Crippen LogP contribution is -2.69. The molecule has 3 unspecified atom stereocenters. The van der Waals surface area contributed by atoms with E-state index in [-0.39, 0.29) is 30.5 Å². The zero-order chi connectivity index (χ0) is 13.7. The number of hydrogen-bond donors (Lipinski definition) is 1. The van der Waals surface area contributed by atoms with Crippen molar-refractivity contribution in [2.45, 2.75) is 75.2 Å². The average Bonchev–Trinajstić information content (AvgIpc) is 3.06. The van der Waals surface area contributed by atoms with Crippen molar-refractivity contribution < 1.29 is 14.3 Å². The highest BCUT2D eigenvalue weighted by Crippen LogP contribution is 2.40. The fourth-order valence-corrected chi connectivity index (χ4v) is 4.56. The number of nitrogens with one attached hydrogen (secondary N) is 1. The van der Waals surface area contributed by atoms with Crippen LogP contribution >= 0.6 is 0 Å². The molecule has 0 aromatic carbocycles. The van der Waals surface area contributed by atoms with E-state index < -0.39 is 5.54 Å². The molecule has 110 valence electrons. The summed E-state index contributed by atoms with van der Waals surface area (Å²) in [5.41, 5.74) is -0.602. The number of ether oxygens (including phenoxy) is 1. The van der Waals surface area contributed by atoms with Crippen LogP contribution < -0.4 is 5.32 Å². The van der Waals surface area contributed by atoms with Crippen molar-refractivity contribution in [1.29, 1.82) is 0 Å². The number of amides is 2. The van der Waals surface area contributed by atoms with Gasteiger partial charge in [-0.15, -0.1) is 0 Å². The van der Waals surface area contributed by atoms with Crippen LogP contribution in [-0.4, -0.2) is 47.0 Å². The second-order valence-electron chi connectivity index (χ2n) is 6.80. The van der Waals surface area contributed by atoms with E-state index in [0.717, 1.165) is 44.9 Å². The van der Waals surface area contributed by atoms with Crippen LogP contribution in [-0.2, 0) is 14.3 Å². The second-order valence-corrected chi connectivity index (χ2v) is 6.80. The highest BCUT2D eigenvalue weighted by atomic mass is 16.5. The highest BCUT2D eigenvalue weighted by molar-refractivity contribution is 5.98. The first-order valence-corrected chi connectivity index (χ1v) is 7.95. The Balaban J connectivity index is 1.59. The molecule has 1 aliphatic carbocycles. The molecule has 0 aromatic heterocycles. The van der Waals surface area contributed by atoms with Gasteiger partial charge >= 0.3 is 0 Å². The van der Waals surface area contributed by atoms with Crippen LogP contribution in [0.15, 0.2) is 0 Å². The molecular weight excluding hydrogens is 256 g/mol. The van der Waals surface area contributed by atoms with Gasteiger partial charge in [0, 0.05) is 0 Å². The summed E-state index contributed by atoms with van der Waals surface area (Å²) >= 11 is 0. The second kappa shape index (κ2) is 4.45. The zero-order valence-electron chi connectivity index (χ0n) is 11.8. The first-order valence-electron chi connectivity index (χ1n) is 7.95. The Kier molecular flexibility index (Phi) is 2.81. The molecule has 4 aliphatic rings. The van der Waals surface area contributed by atoms with Gasteiger partial charge in [0.1, 0.15) is 12.1 Å². The van der Waals surface area contributed by atoms with E-state index in [1.807, 2.05) is 4.90 Å². The molecule has 5 nitrogen and oxygen atoms in total. The van der Waals surface area contributed by atoms with Gasteiger partial charge in [-0.1, -0.05) is 19.3 Å². The summed E-state index contributed by atoms with van der Waals surface area (Å²) in [6.07, 6.45) is 8.38. The van der Waals surface area contributed by atoms with Crippen molar-refractivity contribution in [1.82, 2.24) is 10.2 Å². The van der Waals surface area contributed by atoms with Gasteiger partial charge in [-0.25, -0.2) is 0 Å². The third kappa shape index (κ3) is 1.79. The van der Waals surface area contributed by atoms with Crippen LogP contribution in [0.25, 0.3) is 0 Å². The Morgan fingerprint density at radius 1 is 1.15 bits per heavy atom.